The first kappa shape index (κ1) is 38.9. The minimum atomic E-state index is -4.44. The van der Waals surface area contributed by atoms with E-state index in [4.69, 9.17) is 20.7 Å². The van der Waals surface area contributed by atoms with E-state index in [0.717, 1.165) is 13.8 Å². The average Bonchev–Trinajstić information content (AvgIpc) is 2.68. The van der Waals surface area contributed by atoms with Crippen molar-refractivity contribution in [3.05, 3.63) is 36.4 Å². The second-order valence-electron chi connectivity index (χ2n) is 5.82. The Morgan fingerprint density at radius 3 is 1.54 bits per heavy atom. The van der Waals surface area contributed by atoms with Gasteiger partial charge in [-0.1, -0.05) is 0 Å². The molecule has 0 saturated heterocycles. The molecule has 0 fully saturated rings. The van der Waals surface area contributed by atoms with Crippen molar-refractivity contribution in [1.82, 2.24) is 10.2 Å². The molecule has 1 aromatic carbocycles. The molecule has 2 aromatic rings. The van der Waals surface area contributed by atoms with Crippen LogP contribution in [0, 0.1) is 0 Å². The Hall–Kier alpha value is -0.610. The van der Waals surface area contributed by atoms with Gasteiger partial charge in [-0.15, -0.1) is 10.2 Å². The number of nitrogens with zero attached hydrogens (tertiary/aromatic N) is 2. The third-order valence-corrected chi connectivity index (χ3v) is 6.16. The predicted octanol–water partition coefficient (Wildman–Crippen LogP) is -7.38. The summed E-state index contributed by atoms with van der Waals surface area (Å²) in [7, 11) is -11.1. The molecule has 0 spiro atoms. The molecule has 1 heterocycles. The van der Waals surface area contributed by atoms with Crippen LogP contribution in [0.5, 0.6) is 5.88 Å². The summed E-state index contributed by atoms with van der Waals surface area (Å²) in [5, 5.41) is 23.3. The van der Waals surface area contributed by atoms with Crippen molar-refractivity contribution in [1.29, 1.82) is 0 Å². The summed E-state index contributed by atoms with van der Waals surface area (Å²) in [6.45, 7) is 1.81. The van der Waals surface area contributed by atoms with Crippen molar-refractivity contribution in [2.45, 2.75) is 29.6 Å². The second-order valence-corrected chi connectivity index (χ2v) is 10.8. The molecule has 2 unspecified atom stereocenters. The number of methoxy groups -OCH3 is 1. The van der Waals surface area contributed by atoms with E-state index >= 15 is 0 Å². The van der Waals surface area contributed by atoms with Crippen molar-refractivity contribution in [2.24, 2.45) is 0 Å². The fourth-order valence-electron chi connectivity index (χ4n) is 1.33. The maximum atomic E-state index is 12.0. The molecule has 0 radical (unpaired) electrons. The molecular formula is C15H22N4Na2O11S3. The molecular weight excluding hydrogens is 554 g/mol. The van der Waals surface area contributed by atoms with Gasteiger partial charge in [-0.05, 0) is 44.2 Å². The summed E-state index contributed by atoms with van der Waals surface area (Å²) in [5.74, 6) is 0.410. The molecule has 0 amide bonds. The van der Waals surface area contributed by atoms with E-state index in [0.29, 0.717) is 11.6 Å². The van der Waals surface area contributed by atoms with E-state index in [1.165, 1.54) is 43.5 Å². The Labute approximate surface area is 247 Å². The number of nitrogens with one attached hydrogen (secondary N) is 1. The number of aliphatic hydroxyl groups is 2. The number of nitrogen functional groups attached to an aromatic ring is 1. The van der Waals surface area contributed by atoms with E-state index in [1.54, 1.807) is 0 Å². The molecule has 0 aliphatic rings. The summed E-state index contributed by atoms with van der Waals surface area (Å²) >= 11 is 0. The molecule has 35 heavy (non-hydrogen) atoms. The quantitative estimate of drug-likeness (QED) is 0.141. The van der Waals surface area contributed by atoms with Crippen LogP contribution in [-0.2, 0) is 30.3 Å². The van der Waals surface area contributed by atoms with Crippen molar-refractivity contribution >= 4 is 41.8 Å². The van der Waals surface area contributed by atoms with Gasteiger partial charge in [0.2, 0.25) is 5.88 Å². The molecule has 15 nitrogen and oxygen atoms in total. The average molecular weight is 577 g/mol. The Morgan fingerprint density at radius 2 is 1.26 bits per heavy atom. The SMILES string of the molecule is CC(O)S(=O)(=O)[O-].CC(O)S(=O)(=O)[O-].COc1ccc(NS(=O)(=O)c2ccc(N)cc2)nn1.[Na+].[Na+]. The minimum Gasteiger partial charge on any atom is -0.746 e. The van der Waals surface area contributed by atoms with Gasteiger partial charge in [-0.2, -0.15) is 0 Å². The summed E-state index contributed by atoms with van der Waals surface area (Å²) < 4.78 is 88.3. The largest absolute Gasteiger partial charge is 1.00 e. The number of aliphatic hydroxyl groups excluding tert-OH is 2. The first-order chi connectivity index (χ1) is 14.9. The van der Waals surface area contributed by atoms with Crippen molar-refractivity contribution in [3.8, 4) is 5.88 Å². The van der Waals surface area contributed by atoms with Gasteiger partial charge in [0.25, 0.3) is 10.0 Å². The number of anilines is 2. The van der Waals surface area contributed by atoms with Crippen LogP contribution in [-0.4, -0.2) is 72.8 Å². The molecule has 188 valence electrons. The smallest absolute Gasteiger partial charge is 0.746 e. The van der Waals surface area contributed by atoms with Gasteiger partial charge in [0, 0.05) is 11.8 Å². The fourth-order valence-corrected chi connectivity index (χ4v) is 2.32. The maximum Gasteiger partial charge on any atom is 1.00 e. The summed E-state index contributed by atoms with van der Waals surface area (Å²) in [5.41, 5.74) is 2.42. The first-order valence-electron chi connectivity index (χ1n) is 8.41. The normalized spacial score (nSPS) is 12.5. The number of aromatic nitrogens is 2. The van der Waals surface area contributed by atoms with Crippen LogP contribution in [0.2, 0.25) is 0 Å². The number of ether oxygens (including phenoxy) is 1. The van der Waals surface area contributed by atoms with Gasteiger partial charge >= 0.3 is 59.1 Å². The van der Waals surface area contributed by atoms with Gasteiger partial charge in [-0.3, -0.25) is 4.72 Å². The first-order valence-corrected chi connectivity index (χ1v) is 12.8. The zero-order valence-corrected chi connectivity index (χ0v) is 25.8. The summed E-state index contributed by atoms with van der Waals surface area (Å²) in [6, 6.07) is 8.81. The van der Waals surface area contributed by atoms with Crippen LogP contribution in [0.3, 0.4) is 0 Å². The van der Waals surface area contributed by atoms with E-state index in [9.17, 15) is 34.4 Å². The third-order valence-electron chi connectivity index (χ3n) is 3.11. The molecule has 0 bridgehead atoms. The minimum absolute atomic E-state index is 0. The van der Waals surface area contributed by atoms with Crippen LogP contribution in [0.25, 0.3) is 0 Å². The number of rotatable bonds is 6. The number of nitrogens with two attached hydrogens (primary N) is 1. The number of sulfonamides is 1. The monoisotopic (exact) mass is 576 g/mol. The molecule has 0 aliphatic carbocycles. The molecule has 0 saturated carbocycles. The molecule has 2 rings (SSSR count). The number of hydrogen-bond acceptors (Lipinski definition) is 14. The van der Waals surface area contributed by atoms with Crippen LogP contribution < -0.4 is 74.3 Å². The molecule has 20 heteroatoms. The Balaban J connectivity index is -0.000000537. The number of hydrogen-bond donors (Lipinski definition) is 4. The third kappa shape index (κ3) is 16.7. The Morgan fingerprint density at radius 1 is 0.857 bits per heavy atom. The van der Waals surface area contributed by atoms with Crippen LogP contribution in [0.4, 0.5) is 11.5 Å². The zero-order valence-electron chi connectivity index (χ0n) is 19.4. The fraction of sp³-hybridized carbons (Fsp3) is 0.333. The predicted molar refractivity (Wildman–Crippen MR) is 113 cm³/mol. The van der Waals surface area contributed by atoms with Crippen molar-refractivity contribution in [2.75, 3.05) is 17.6 Å². The van der Waals surface area contributed by atoms with Gasteiger partial charge in [-0.25, -0.2) is 25.3 Å². The Bertz CT molecular complexity index is 1160. The van der Waals surface area contributed by atoms with E-state index < -0.39 is 41.1 Å². The van der Waals surface area contributed by atoms with Gasteiger partial charge in [0.05, 0.1) is 12.0 Å². The molecule has 1 aromatic heterocycles. The summed E-state index contributed by atoms with van der Waals surface area (Å²) in [6.07, 6.45) is 0. The van der Waals surface area contributed by atoms with Gasteiger partial charge < -0.3 is 29.8 Å². The maximum absolute atomic E-state index is 12.0. The second kappa shape index (κ2) is 17.0. The molecule has 2 atom stereocenters. The van der Waals surface area contributed by atoms with Crippen LogP contribution in [0.15, 0.2) is 41.3 Å². The zero-order chi connectivity index (χ0) is 26.0. The number of benzene rings is 1. The van der Waals surface area contributed by atoms with E-state index in [1.807, 2.05) is 0 Å². The standard InChI is InChI=1S/C11H12N4O3S.2C2H6O4S.2Na/c1-18-11-7-6-10(13-14-11)15-19(16,17)9-4-2-8(12)3-5-9;2*1-2(3)7(4,5)6;;/h2-7H,12H2,1H3,(H,13,15);2*2-3H,1H3,(H,4,5,6);;/q;;;2*+1/p-2. The summed E-state index contributed by atoms with van der Waals surface area (Å²) in [4.78, 5) is 0.0966. The van der Waals surface area contributed by atoms with E-state index in [2.05, 4.69) is 14.9 Å². The Kier molecular flexibility index (Phi) is 18.9. The van der Waals surface area contributed by atoms with Crippen molar-refractivity contribution < 1.29 is 108 Å². The van der Waals surface area contributed by atoms with Crippen LogP contribution >= 0.6 is 0 Å². The van der Waals surface area contributed by atoms with Gasteiger partial charge in [0.15, 0.2) is 5.82 Å². The molecule has 5 N–H and O–H groups in total. The van der Waals surface area contributed by atoms with Crippen LogP contribution in [0.1, 0.15) is 13.8 Å². The van der Waals surface area contributed by atoms with Crippen molar-refractivity contribution in [3.63, 3.8) is 0 Å². The van der Waals surface area contributed by atoms with E-state index in [-0.39, 0.29) is 69.8 Å². The topological polar surface area (TPSA) is 262 Å². The van der Waals surface area contributed by atoms with Gasteiger partial charge in [0.1, 0.15) is 31.1 Å². The molecule has 0 aliphatic heterocycles.